The van der Waals surface area contributed by atoms with E-state index in [1.165, 1.54) is 17.8 Å². The van der Waals surface area contributed by atoms with Crippen molar-refractivity contribution in [3.8, 4) is 0 Å². The average Bonchev–Trinajstić information content (AvgIpc) is 2.33. The molecule has 0 aliphatic heterocycles. The van der Waals surface area contributed by atoms with Gasteiger partial charge < -0.3 is 10.4 Å². The number of pyridine rings is 1. The fourth-order valence-corrected chi connectivity index (χ4v) is 1.90. The molecule has 7 heteroatoms. The van der Waals surface area contributed by atoms with Crippen LogP contribution in [0.1, 0.15) is 16.9 Å². The molecule has 0 spiro atoms. The summed E-state index contributed by atoms with van der Waals surface area (Å²) < 4.78 is 0. The van der Waals surface area contributed by atoms with E-state index in [1.54, 1.807) is 12.1 Å². The van der Waals surface area contributed by atoms with E-state index in [-0.39, 0.29) is 10.8 Å². The summed E-state index contributed by atoms with van der Waals surface area (Å²) in [6.45, 7) is 0. The van der Waals surface area contributed by atoms with Gasteiger partial charge in [-0.2, -0.15) is 11.8 Å². The molecule has 5 nitrogen and oxygen atoms in total. The summed E-state index contributed by atoms with van der Waals surface area (Å²) in [6, 6.07) is 3.70. The van der Waals surface area contributed by atoms with Crippen LogP contribution < -0.4 is 5.32 Å². The minimum atomic E-state index is -1.06. The first-order chi connectivity index (χ1) is 8.54. The first-order valence-corrected chi connectivity index (χ1v) is 6.97. The number of amides is 1. The van der Waals surface area contributed by atoms with Gasteiger partial charge in [0.2, 0.25) is 0 Å². The van der Waals surface area contributed by atoms with E-state index in [2.05, 4.69) is 10.3 Å². The van der Waals surface area contributed by atoms with E-state index in [1.807, 2.05) is 6.26 Å². The Morgan fingerprint density at radius 3 is 2.83 bits per heavy atom. The number of aromatic nitrogens is 1. The van der Waals surface area contributed by atoms with Gasteiger partial charge in [-0.3, -0.25) is 4.79 Å². The van der Waals surface area contributed by atoms with E-state index in [0.717, 1.165) is 0 Å². The van der Waals surface area contributed by atoms with Gasteiger partial charge in [0.25, 0.3) is 5.91 Å². The number of halogens is 1. The Morgan fingerprint density at radius 2 is 2.28 bits per heavy atom. The zero-order chi connectivity index (χ0) is 13.5. The number of hydrogen-bond donors (Lipinski definition) is 2. The molecule has 1 atom stereocenters. The summed E-state index contributed by atoms with van der Waals surface area (Å²) in [5.41, 5.74) is 0.109. The molecule has 1 aromatic rings. The Labute approximate surface area is 114 Å². The molecule has 0 aliphatic carbocycles. The lowest BCUT2D eigenvalue weighted by atomic mass is 10.2. The zero-order valence-corrected chi connectivity index (χ0v) is 11.3. The Bertz CT molecular complexity index is 442. The van der Waals surface area contributed by atoms with Gasteiger partial charge in [-0.1, -0.05) is 17.7 Å². The molecule has 0 aliphatic rings. The Kier molecular flexibility index (Phi) is 5.94. The molecule has 0 radical (unpaired) electrons. The van der Waals surface area contributed by atoms with Gasteiger partial charge in [0, 0.05) is 0 Å². The highest BCUT2D eigenvalue weighted by Crippen LogP contribution is 2.06. The first kappa shape index (κ1) is 14.8. The molecule has 0 aromatic carbocycles. The zero-order valence-electron chi connectivity index (χ0n) is 9.72. The molecule has 1 heterocycles. The van der Waals surface area contributed by atoms with Gasteiger partial charge in [-0.15, -0.1) is 0 Å². The standard InChI is InChI=1S/C11H13ClN2O3S/c1-18-6-5-8(11(16)17)14-10(15)7-3-2-4-9(12)13-7/h2-4,8H,5-6H2,1H3,(H,14,15)(H,16,17)/t8-/m1/s1. The third-order valence-electron chi connectivity index (χ3n) is 2.16. The van der Waals surface area contributed by atoms with E-state index < -0.39 is 17.9 Å². The Balaban J connectivity index is 2.69. The number of carboxylic acids is 1. The van der Waals surface area contributed by atoms with Crippen molar-refractivity contribution < 1.29 is 14.7 Å². The van der Waals surface area contributed by atoms with Crippen molar-refractivity contribution in [1.29, 1.82) is 0 Å². The maximum absolute atomic E-state index is 11.8. The largest absolute Gasteiger partial charge is 0.480 e. The highest BCUT2D eigenvalue weighted by molar-refractivity contribution is 7.98. The number of carbonyl (C=O) groups is 2. The minimum absolute atomic E-state index is 0.109. The van der Waals surface area contributed by atoms with Crippen molar-refractivity contribution in [3.63, 3.8) is 0 Å². The number of carbonyl (C=O) groups excluding carboxylic acids is 1. The molecular formula is C11H13ClN2O3S. The van der Waals surface area contributed by atoms with Gasteiger partial charge >= 0.3 is 5.97 Å². The van der Waals surface area contributed by atoms with Crippen LogP contribution >= 0.6 is 23.4 Å². The molecule has 18 heavy (non-hydrogen) atoms. The van der Waals surface area contributed by atoms with Crippen LogP contribution in [0.5, 0.6) is 0 Å². The summed E-state index contributed by atoms with van der Waals surface area (Å²) in [6.07, 6.45) is 2.24. The van der Waals surface area contributed by atoms with Crippen LogP contribution in [0, 0.1) is 0 Å². The molecule has 0 saturated carbocycles. The number of aliphatic carboxylic acids is 1. The fourth-order valence-electron chi connectivity index (χ4n) is 1.26. The third kappa shape index (κ3) is 4.54. The maximum atomic E-state index is 11.8. The normalized spacial score (nSPS) is 11.9. The summed E-state index contributed by atoms with van der Waals surface area (Å²) in [4.78, 5) is 26.6. The summed E-state index contributed by atoms with van der Waals surface area (Å²) >= 11 is 7.18. The lowest BCUT2D eigenvalue weighted by Gasteiger charge is -2.13. The number of thioether (sulfide) groups is 1. The third-order valence-corrected chi connectivity index (χ3v) is 3.02. The second-order valence-corrected chi connectivity index (χ2v) is 4.86. The van der Waals surface area contributed by atoms with E-state index in [0.29, 0.717) is 12.2 Å². The Hall–Kier alpha value is -1.27. The van der Waals surface area contributed by atoms with Crippen LogP contribution in [-0.2, 0) is 4.79 Å². The summed E-state index contributed by atoms with van der Waals surface area (Å²) in [5.74, 6) is -0.939. The van der Waals surface area contributed by atoms with E-state index in [9.17, 15) is 9.59 Å². The van der Waals surface area contributed by atoms with Crippen molar-refractivity contribution in [2.45, 2.75) is 12.5 Å². The molecule has 0 fully saturated rings. The van der Waals surface area contributed by atoms with Gasteiger partial charge in [0.15, 0.2) is 0 Å². The number of nitrogens with one attached hydrogen (secondary N) is 1. The van der Waals surface area contributed by atoms with Gasteiger partial charge in [0.1, 0.15) is 16.9 Å². The number of rotatable bonds is 6. The maximum Gasteiger partial charge on any atom is 0.326 e. The fraction of sp³-hybridized carbons (Fsp3) is 0.364. The lowest BCUT2D eigenvalue weighted by molar-refractivity contribution is -0.139. The van der Waals surface area contributed by atoms with Crippen molar-refractivity contribution >= 4 is 35.2 Å². The lowest BCUT2D eigenvalue weighted by Crippen LogP contribution is -2.41. The molecule has 0 saturated heterocycles. The second-order valence-electron chi connectivity index (χ2n) is 3.49. The molecule has 0 bridgehead atoms. The van der Waals surface area contributed by atoms with Crippen molar-refractivity contribution in [1.82, 2.24) is 10.3 Å². The van der Waals surface area contributed by atoms with Crippen molar-refractivity contribution in [2.75, 3.05) is 12.0 Å². The van der Waals surface area contributed by atoms with Crippen LogP contribution in [0.4, 0.5) is 0 Å². The topological polar surface area (TPSA) is 79.3 Å². The first-order valence-electron chi connectivity index (χ1n) is 5.19. The number of carboxylic acid groups (broad SMARTS) is 1. The molecular weight excluding hydrogens is 276 g/mol. The smallest absolute Gasteiger partial charge is 0.326 e. The summed E-state index contributed by atoms with van der Waals surface area (Å²) in [5, 5.41) is 11.6. The molecule has 98 valence electrons. The predicted molar refractivity (Wildman–Crippen MR) is 71.1 cm³/mol. The minimum Gasteiger partial charge on any atom is -0.480 e. The highest BCUT2D eigenvalue weighted by Gasteiger charge is 2.20. The van der Waals surface area contributed by atoms with Gasteiger partial charge in [-0.25, -0.2) is 9.78 Å². The van der Waals surface area contributed by atoms with Gasteiger partial charge in [0.05, 0.1) is 0 Å². The average molecular weight is 289 g/mol. The van der Waals surface area contributed by atoms with Crippen LogP contribution in [0.2, 0.25) is 5.15 Å². The number of hydrogen-bond acceptors (Lipinski definition) is 4. The molecule has 1 amide bonds. The van der Waals surface area contributed by atoms with Crippen molar-refractivity contribution in [2.24, 2.45) is 0 Å². The van der Waals surface area contributed by atoms with E-state index >= 15 is 0 Å². The second kappa shape index (κ2) is 7.23. The van der Waals surface area contributed by atoms with Crippen LogP contribution in [-0.4, -0.2) is 40.0 Å². The molecule has 2 N–H and O–H groups in total. The van der Waals surface area contributed by atoms with E-state index in [4.69, 9.17) is 16.7 Å². The van der Waals surface area contributed by atoms with Crippen LogP contribution in [0.25, 0.3) is 0 Å². The highest BCUT2D eigenvalue weighted by atomic mass is 35.5. The van der Waals surface area contributed by atoms with Crippen molar-refractivity contribution in [3.05, 3.63) is 29.0 Å². The molecule has 1 aromatic heterocycles. The quantitative estimate of drug-likeness (QED) is 0.779. The summed E-state index contributed by atoms with van der Waals surface area (Å²) in [7, 11) is 0. The predicted octanol–water partition coefficient (Wildman–Crippen LogP) is 1.67. The van der Waals surface area contributed by atoms with Crippen LogP contribution in [0.3, 0.4) is 0 Å². The molecule has 0 unspecified atom stereocenters. The van der Waals surface area contributed by atoms with Crippen LogP contribution in [0.15, 0.2) is 18.2 Å². The SMILES string of the molecule is CSCC[C@@H](NC(=O)c1cccc(Cl)n1)C(=O)O. The molecule has 1 rings (SSSR count). The van der Waals surface area contributed by atoms with Gasteiger partial charge in [-0.05, 0) is 30.6 Å². The Morgan fingerprint density at radius 1 is 1.56 bits per heavy atom. The number of nitrogens with zero attached hydrogens (tertiary/aromatic N) is 1. The monoisotopic (exact) mass is 288 g/mol.